The topological polar surface area (TPSA) is 68.7 Å². The van der Waals surface area contributed by atoms with Gasteiger partial charge in [-0.2, -0.15) is 0 Å². The van der Waals surface area contributed by atoms with Gasteiger partial charge in [-0.3, -0.25) is 4.79 Å². The van der Waals surface area contributed by atoms with E-state index in [-0.39, 0.29) is 11.9 Å². The quantitative estimate of drug-likeness (QED) is 0.424. The molecule has 4 rings (SSSR count). The van der Waals surface area contributed by atoms with E-state index in [9.17, 15) is 9.59 Å². The van der Waals surface area contributed by atoms with Crippen molar-refractivity contribution in [2.75, 3.05) is 18.6 Å². The first-order valence-corrected chi connectivity index (χ1v) is 10.8. The summed E-state index contributed by atoms with van der Waals surface area (Å²) in [5.41, 5.74) is 4.13. The third-order valence-electron chi connectivity index (χ3n) is 5.01. The molecule has 1 amide bonds. The molecule has 1 aliphatic rings. The number of esters is 1. The molecule has 0 spiro atoms. The molecule has 158 valence electrons. The van der Waals surface area contributed by atoms with Crippen LogP contribution in [-0.4, -0.2) is 30.5 Å². The highest BCUT2D eigenvalue weighted by Crippen LogP contribution is 2.29. The summed E-state index contributed by atoms with van der Waals surface area (Å²) in [6, 6.07) is 12.9. The zero-order chi connectivity index (χ0) is 21.8. The lowest BCUT2D eigenvalue weighted by molar-refractivity contribution is -0.114. The molecule has 7 heteroatoms. The normalized spacial score (nSPS) is 12.8. The predicted molar refractivity (Wildman–Crippen MR) is 120 cm³/mol. The lowest BCUT2D eigenvalue weighted by atomic mass is 10.1. The van der Waals surface area contributed by atoms with E-state index in [4.69, 9.17) is 9.47 Å². The minimum absolute atomic E-state index is 0.0937. The van der Waals surface area contributed by atoms with Crippen molar-refractivity contribution in [2.45, 2.75) is 20.0 Å². The van der Waals surface area contributed by atoms with E-state index < -0.39 is 0 Å². The number of hydrogen-bond donors (Lipinski definition) is 0. The largest absolute Gasteiger partial charge is 0.487 e. The average Bonchev–Trinajstić information content (AvgIpc) is 3.41. The number of rotatable bonds is 6. The summed E-state index contributed by atoms with van der Waals surface area (Å²) in [6.45, 7) is 2.99. The number of nitrogens with zero attached hydrogens (tertiary/aromatic N) is 2. The fourth-order valence-corrected chi connectivity index (χ4v) is 4.04. The number of carbonyl (C=O) groups is 2. The van der Waals surface area contributed by atoms with E-state index in [0.717, 1.165) is 33.3 Å². The Balaban J connectivity index is 1.37. The Kier molecular flexibility index (Phi) is 6.13. The third kappa shape index (κ3) is 4.83. The highest BCUT2D eigenvalue weighted by molar-refractivity contribution is 7.09. The molecule has 0 saturated heterocycles. The summed E-state index contributed by atoms with van der Waals surface area (Å²) in [5.74, 6) is 0.286. The maximum absolute atomic E-state index is 12.7. The Labute approximate surface area is 184 Å². The van der Waals surface area contributed by atoms with E-state index in [1.165, 1.54) is 7.11 Å². The molecular weight excluding hydrogens is 412 g/mol. The highest BCUT2D eigenvalue weighted by atomic mass is 32.1. The van der Waals surface area contributed by atoms with E-state index >= 15 is 0 Å². The van der Waals surface area contributed by atoms with Gasteiger partial charge in [-0.25, -0.2) is 9.78 Å². The molecule has 0 N–H and O–H groups in total. The Morgan fingerprint density at radius 3 is 2.71 bits per heavy atom. The fraction of sp³-hybridized carbons (Fsp3) is 0.208. The van der Waals surface area contributed by atoms with Gasteiger partial charge in [0, 0.05) is 23.7 Å². The van der Waals surface area contributed by atoms with Crippen LogP contribution in [0.25, 0.3) is 6.08 Å². The number of thiazole rings is 1. The number of anilines is 1. The molecule has 1 aliphatic heterocycles. The van der Waals surface area contributed by atoms with Crippen molar-refractivity contribution in [1.29, 1.82) is 0 Å². The SMILES string of the molecule is COC(=O)c1ccc2c(c1)CCN2C(=O)/C=C/c1ccc(OCc2csc(C)n2)cc1. The molecule has 0 saturated carbocycles. The van der Waals surface area contributed by atoms with Crippen LogP contribution in [0, 0.1) is 6.92 Å². The van der Waals surface area contributed by atoms with E-state index in [2.05, 4.69) is 4.98 Å². The van der Waals surface area contributed by atoms with Crippen molar-refractivity contribution < 1.29 is 19.1 Å². The monoisotopic (exact) mass is 434 g/mol. The number of amides is 1. The summed E-state index contributed by atoms with van der Waals surface area (Å²) in [6.07, 6.45) is 4.07. The molecule has 2 aromatic carbocycles. The highest BCUT2D eigenvalue weighted by Gasteiger charge is 2.24. The Morgan fingerprint density at radius 1 is 1.19 bits per heavy atom. The van der Waals surface area contributed by atoms with Gasteiger partial charge in [-0.1, -0.05) is 12.1 Å². The van der Waals surface area contributed by atoms with Gasteiger partial charge in [0.25, 0.3) is 5.91 Å². The maximum Gasteiger partial charge on any atom is 0.337 e. The zero-order valence-corrected chi connectivity index (χ0v) is 18.1. The fourth-order valence-electron chi connectivity index (χ4n) is 3.44. The van der Waals surface area contributed by atoms with Gasteiger partial charge in [0.05, 0.1) is 23.4 Å². The standard InChI is InChI=1S/C24H22N2O4S/c1-16-25-20(15-31-16)14-30-21-7-3-17(4-8-21)5-10-23(27)26-12-11-18-13-19(24(28)29-2)6-9-22(18)26/h3-10,13,15H,11-12,14H2,1-2H3/b10-5+. The van der Waals surface area contributed by atoms with Gasteiger partial charge in [0.15, 0.2) is 0 Å². The van der Waals surface area contributed by atoms with Crippen molar-refractivity contribution in [3.05, 3.63) is 81.3 Å². The van der Waals surface area contributed by atoms with Crippen molar-refractivity contribution in [3.63, 3.8) is 0 Å². The molecule has 0 bridgehead atoms. The maximum atomic E-state index is 12.7. The number of ether oxygens (including phenoxy) is 2. The van der Waals surface area contributed by atoms with E-state index in [0.29, 0.717) is 25.1 Å². The van der Waals surface area contributed by atoms with Crippen LogP contribution < -0.4 is 9.64 Å². The van der Waals surface area contributed by atoms with Crippen molar-refractivity contribution in [1.82, 2.24) is 4.98 Å². The van der Waals surface area contributed by atoms with Crippen molar-refractivity contribution in [2.24, 2.45) is 0 Å². The van der Waals surface area contributed by atoms with E-state index in [1.54, 1.807) is 46.6 Å². The lowest BCUT2D eigenvalue weighted by Gasteiger charge is -2.15. The van der Waals surface area contributed by atoms with Crippen LogP contribution >= 0.6 is 11.3 Å². The second kappa shape index (κ2) is 9.14. The van der Waals surface area contributed by atoms with Crippen LogP contribution in [0.2, 0.25) is 0 Å². The zero-order valence-electron chi connectivity index (χ0n) is 17.3. The van der Waals surface area contributed by atoms with Gasteiger partial charge in [-0.15, -0.1) is 11.3 Å². The van der Waals surface area contributed by atoms with E-state index in [1.807, 2.05) is 36.6 Å². The van der Waals surface area contributed by atoms with Crippen molar-refractivity contribution in [3.8, 4) is 5.75 Å². The number of hydrogen-bond acceptors (Lipinski definition) is 6. The number of benzene rings is 2. The van der Waals surface area contributed by atoms with Crippen LogP contribution in [0.3, 0.4) is 0 Å². The first kappa shape index (κ1) is 20.8. The van der Waals surface area contributed by atoms with Crippen LogP contribution in [-0.2, 0) is 22.6 Å². The number of fused-ring (bicyclic) bond motifs is 1. The van der Waals surface area contributed by atoms with Gasteiger partial charge >= 0.3 is 5.97 Å². The third-order valence-corrected chi connectivity index (χ3v) is 5.84. The first-order valence-electron chi connectivity index (χ1n) is 9.88. The van der Waals surface area contributed by atoms with Crippen LogP contribution in [0.1, 0.15) is 32.2 Å². The van der Waals surface area contributed by atoms with Crippen LogP contribution in [0.4, 0.5) is 5.69 Å². The summed E-state index contributed by atoms with van der Waals surface area (Å²) in [5, 5.41) is 3.01. The summed E-state index contributed by atoms with van der Waals surface area (Å²) in [4.78, 5) is 30.5. The Morgan fingerprint density at radius 2 is 2.00 bits per heavy atom. The lowest BCUT2D eigenvalue weighted by Crippen LogP contribution is -2.26. The molecular formula is C24H22N2O4S. The average molecular weight is 435 g/mol. The summed E-state index contributed by atoms with van der Waals surface area (Å²) in [7, 11) is 1.36. The number of carbonyl (C=O) groups excluding carboxylic acids is 2. The van der Waals surface area contributed by atoms with Gasteiger partial charge < -0.3 is 14.4 Å². The Hall–Kier alpha value is -3.45. The molecule has 1 aromatic heterocycles. The number of aromatic nitrogens is 1. The molecule has 0 atom stereocenters. The van der Waals surface area contributed by atoms with Gasteiger partial charge in [-0.05, 0) is 60.9 Å². The van der Waals surface area contributed by atoms with Crippen LogP contribution in [0.15, 0.2) is 53.9 Å². The van der Waals surface area contributed by atoms with Gasteiger partial charge in [0.2, 0.25) is 0 Å². The molecule has 0 unspecified atom stereocenters. The predicted octanol–water partition coefficient (Wildman–Crippen LogP) is 4.42. The molecule has 2 heterocycles. The number of aryl methyl sites for hydroxylation is 1. The summed E-state index contributed by atoms with van der Waals surface area (Å²) >= 11 is 1.60. The summed E-state index contributed by atoms with van der Waals surface area (Å²) < 4.78 is 10.5. The molecule has 0 aliphatic carbocycles. The Bertz CT molecular complexity index is 1130. The molecule has 31 heavy (non-hydrogen) atoms. The molecule has 0 fully saturated rings. The van der Waals surface area contributed by atoms with Crippen LogP contribution in [0.5, 0.6) is 5.75 Å². The second-order valence-electron chi connectivity index (χ2n) is 7.12. The minimum atomic E-state index is -0.374. The van der Waals surface area contributed by atoms with Gasteiger partial charge in [0.1, 0.15) is 12.4 Å². The molecule has 3 aromatic rings. The number of methoxy groups -OCH3 is 1. The minimum Gasteiger partial charge on any atom is -0.487 e. The first-order chi connectivity index (χ1) is 15.0. The van der Waals surface area contributed by atoms with Crippen molar-refractivity contribution >= 4 is 35.0 Å². The smallest absolute Gasteiger partial charge is 0.337 e. The second-order valence-corrected chi connectivity index (χ2v) is 8.19. The molecule has 0 radical (unpaired) electrons. The molecule has 6 nitrogen and oxygen atoms in total.